The van der Waals surface area contributed by atoms with Gasteiger partial charge in [-0.1, -0.05) is 13.0 Å². The van der Waals surface area contributed by atoms with Gasteiger partial charge in [-0.15, -0.1) is 12.4 Å². The van der Waals surface area contributed by atoms with Crippen molar-refractivity contribution in [3.05, 3.63) is 24.3 Å². The molecule has 0 spiro atoms. The number of halogens is 1. The van der Waals surface area contributed by atoms with Crippen molar-refractivity contribution in [2.45, 2.75) is 23.1 Å². The number of nitrogens with zero attached hydrogens (tertiary/aromatic N) is 1. The van der Waals surface area contributed by atoms with Gasteiger partial charge >= 0.3 is 0 Å². The van der Waals surface area contributed by atoms with E-state index in [0.717, 1.165) is 6.26 Å². The molecule has 126 valence electrons. The number of benzene rings is 1. The summed E-state index contributed by atoms with van der Waals surface area (Å²) in [5, 5.41) is 0. The third-order valence-corrected chi connectivity index (χ3v) is 6.84. The Balaban J connectivity index is 0.00000242. The number of sulfonamides is 1. The zero-order chi connectivity index (χ0) is 15.9. The molecule has 0 bridgehead atoms. The van der Waals surface area contributed by atoms with Crippen molar-refractivity contribution < 1.29 is 16.8 Å². The van der Waals surface area contributed by atoms with Crippen LogP contribution in [0.25, 0.3) is 0 Å². The minimum absolute atomic E-state index is 0. The molecule has 0 radical (unpaired) electrons. The number of sulfone groups is 1. The van der Waals surface area contributed by atoms with Gasteiger partial charge in [-0.2, -0.15) is 4.31 Å². The number of rotatable bonds is 4. The molecule has 6 nitrogen and oxygen atoms in total. The van der Waals surface area contributed by atoms with Gasteiger partial charge in [0, 0.05) is 19.3 Å². The van der Waals surface area contributed by atoms with Crippen molar-refractivity contribution >= 4 is 32.3 Å². The first-order valence-corrected chi connectivity index (χ1v) is 9.92. The molecular formula is C13H21ClN2O4S2. The van der Waals surface area contributed by atoms with Crippen LogP contribution in [-0.2, 0) is 19.9 Å². The quantitative estimate of drug-likeness (QED) is 0.850. The summed E-state index contributed by atoms with van der Waals surface area (Å²) in [6.45, 7) is 3.13. The molecule has 9 heteroatoms. The van der Waals surface area contributed by atoms with Crippen LogP contribution in [0.1, 0.15) is 13.3 Å². The second kappa shape index (κ2) is 6.45. The smallest absolute Gasteiger partial charge is 0.243 e. The summed E-state index contributed by atoms with van der Waals surface area (Å²) in [6.07, 6.45) is 1.76. The summed E-state index contributed by atoms with van der Waals surface area (Å²) in [7, 11) is -7.13. The summed E-state index contributed by atoms with van der Waals surface area (Å²) in [5.41, 5.74) is 5.47. The Morgan fingerprint density at radius 1 is 1.23 bits per heavy atom. The molecule has 0 amide bonds. The minimum Gasteiger partial charge on any atom is -0.330 e. The molecule has 1 saturated heterocycles. The highest BCUT2D eigenvalue weighted by Crippen LogP contribution is 2.32. The molecule has 2 N–H and O–H groups in total. The second-order valence-electron chi connectivity index (χ2n) is 5.85. The number of nitrogens with two attached hydrogens (primary N) is 1. The first-order valence-electron chi connectivity index (χ1n) is 6.59. The van der Waals surface area contributed by atoms with Crippen LogP contribution in [0.3, 0.4) is 0 Å². The fourth-order valence-corrected chi connectivity index (χ4v) is 4.74. The third kappa shape index (κ3) is 3.80. The maximum atomic E-state index is 12.6. The van der Waals surface area contributed by atoms with Crippen molar-refractivity contribution in [3.63, 3.8) is 0 Å². The van der Waals surface area contributed by atoms with Gasteiger partial charge in [0.15, 0.2) is 9.84 Å². The van der Waals surface area contributed by atoms with Gasteiger partial charge in [0.2, 0.25) is 10.0 Å². The summed E-state index contributed by atoms with van der Waals surface area (Å²) < 4.78 is 49.7. The van der Waals surface area contributed by atoms with Gasteiger partial charge in [-0.05, 0) is 36.6 Å². The summed E-state index contributed by atoms with van der Waals surface area (Å²) in [5.74, 6) is 0. The fourth-order valence-electron chi connectivity index (χ4n) is 2.36. The van der Waals surface area contributed by atoms with Crippen molar-refractivity contribution in [1.82, 2.24) is 4.31 Å². The zero-order valence-corrected chi connectivity index (χ0v) is 15.0. The lowest BCUT2D eigenvalue weighted by Gasteiger charge is -2.22. The van der Waals surface area contributed by atoms with Gasteiger partial charge in [0.25, 0.3) is 0 Å². The van der Waals surface area contributed by atoms with Crippen LogP contribution in [0.15, 0.2) is 34.1 Å². The van der Waals surface area contributed by atoms with Gasteiger partial charge in [0.1, 0.15) is 0 Å². The Morgan fingerprint density at radius 3 is 2.32 bits per heavy atom. The second-order valence-corrected chi connectivity index (χ2v) is 9.80. The number of hydrogen-bond donors (Lipinski definition) is 1. The molecule has 1 atom stereocenters. The molecule has 1 heterocycles. The van der Waals surface area contributed by atoms with E-state index in [1.165, 1.54) is 28.6 Å². The molecule has 1 aromatic carbocycles. The van der Waals surface area contributed by atoms with Crippen LogP contribution in [0.5, 0.6) is 0 Å². The minimum atomic E-state index is -3.69. The molecule has 1 fully saturated rings. The topological polar surface area (TPSA) is 97.5 Å². The van der Waals surface area contributed by atoms with Crippen molar-refractivity contribution in [2.24, 2.45) is 11.1 Å². The van der Waals surface area contributed by atoms with Gasteiger partial charge in [-0.25, -0.2) is 16.8 Å². The van der Waals surface area contributed by atoms with Crippen LogP contribution in [0, 0.1) is 5.41 Å². The van der Waals surface area contributed by atoms with Crippen LogP contribution >= 0.6 is 12.4 Å². The summed E-state index contributed by atoms with van der Waals surface area (Å²) in [4.78, 5) is 0.0102. The van der Waals surface area contributed by atoms with Crippen molar-refractivity contribution in [3.8, 4) is 0 Å². The molecule has 2 rings (SSSR count). The molecule has 1 unspecified atom stereocenters. The molecule has 1 aliphatic heterocycles. The summed E-state index contributed by atoms with van der Waals surface area (Å²) in [6, 6.07) is 5.47. The molecule has 0 aliphatic carbocycles. The van der Waals surface area contributed by atoms with E-state index in [-0.39, 0.29) is 27.6 Å². The van der Waals surface area contributed by atoms with Crippen molar-refractivity contribution in [1.29, 1.82) is 0 Å². The zero-order valence-electron chi connectivity index (χ0n) is 12.5. The lowest BCUT2D eigenvalue weighted by atomic mass is 9.90. The van der Waals surface area contributed by atoms with Crippen LogP contribution < -0.4 is 5.73 Å². The highest BCUT2D eigenvalue weighted by molar-refractivity contribution is 7.91. The molecular weight excluding hydrogens is 348 g/mol. The molecule has 0 aromatic heterocycles. The highest BCUT2D eigenvalue weighted by atomic mass is 35.5. The van der Waals surface area contributed by atoms with Crippen LogP contribution in [-0.4, -0.2) is 47.0 Å². The Morgan fingerprint density at radius 2 is 1.82 bits per heavy atom. The third-order valence-electron chi connectivity index (χ3n) is 3.89. The van der Waals surface area contributed by atoms with Crippen LogP contribution in [0.2, 0.25) is 0 Å². The van der Waals surface area contributed by atoms with Gasteiger partial charge in [-0.3, -0.25) is 0 Å². The maximum absolute atomic E-state index is 12.6. The SMILES string of the molecule is CC1(CN)CCN(S(=O)(=O)c2cccc(S(C)(=O)=O)c2)C1.Cl. The van der Waals surface area contributed by atoms with E-state index in [4.69, 9.17) is 5.73 Å². The Labute approximate surface area is 138 Å². The lowest BCUT2D eigenvalue weighted by molar-refractivity contribution is 0.349. The average molecular weight is 369 g/mol. The molecule has 1 aromatic rings. The van der Waals surface area contributed by atoms with E-state index in [2.05, 4.69) is 0 Å². The predicted octanol–water partition coefficient (Wildman–Crippen LogP) is 0.871. The Bertz CT molecular complexity index is 749. The Kier molecular flexibility index (Phi) is 5.68. The average Bonchev–Trinajstić information content (AvgIpc) is 2.82. The lowest BCUT2D eigenvalue weighted by Crippen LogP contribution is -2.34. The maximum Gasteiger partial charge on any atom is 0.243 e. The van der Waals surface area contributed by atoms with Gasteiger partial charge < -0.3 is 5.73 Å². The predicted molar refractivity (Wildman–Crippen MR) is 87.3 cm³/mol. The fraction of sp³-hybridized carbons (Fsp3) is 0.538. The first-order chi connectivity index (χ1) is 9.58. The van der Waals surface area contributed by atoms with E-state index in [1.807, 2.05) is 6.92 Å². The molecule has 0 saturated carbocycles. The molecule has 1 aliphatic rings. The highest BCUT2D eigenvalue weighted by Gasteiger charge is 2.39. The van der Waals surface area contributed by atoms with Crippen LogP contribution in [0.4, 0.5) is 0 Å². The number of hydrogen-bond acceptors (Lipinski definition) is 5. The van der Waals surface area contributed by atoms with E-state index in [0.29, 0.717) is 26.1 Å². The normalized spacial score (nSPS) is 23.2. The van der Waals surface area contributed by atoms with Crippen molar-refractivity contribution in [2.75, 3.05) is 25.9 Å². The van der Waals surface area contributed by atoms with E-state index in [9.17, 15) is 16.8 Å². The monoisotopic (exact) mass is 368 g/mol. The standard InChI is InChI=1S/C13H20N2O4S2.ClH/c1-13(9-14)6-7-15(10-13)21(18,19)12-5-3-4-11(8-12)20(2,16)17;/h3-5,8H,6-7,9-10,14H2,1-2H3;1H. The van der Waals surface area contributed by atoms with E-state index in [1.54, 1.807) is 0 Å². The largest absolute Gasteiger partial charge is 0.330 e. The van der Waals surface area contributed by atoms with E-state index >= 15 is 0 Å². The van der Waals surface area contributed by atoms with Gasteiger partial charge in [0.05, 0.1) is 9.79 Å². The van der Waals surface area contributed by atoms with E-state index < -0.39 is 19.9 Å². The summed E-state index contributed by atoms with van der Waals surface area (Å²) >= 11 is 0. The first kappa shape index (κ1) is 19.4. The molecule has 22 heavy (non-hydrogen) atoms. The Hall–Kier alpha value is -0.670.